The van der Waals surface area contributed by atoms with Crippen molar-refractivity contribution in [2.75, 3.05) is 10.7 Å². The van der Waals surface area contributed by atoms with Crippen molar-refractivity contribution in [3.05, 3.63) is 30.3 Å². The van der Waals surface area contributed by atoms with Crippen LogP contribution in [0.25, 0.3) is 0 Å². The number of thiol groups is 2. The first-order chi connectivity index (χ1) is 7.24. The lowest BCUT2D eigenvalue weighted by Crippen LogP contribution is -2.32. The third kappa shape index (κ3) is 2.00. The van der Waals surface area contributed by atoms with Crippen LogP contribution in [0.3, 0.4) is 0 Å². The van der Waals surface area contributed by atoms with E-state index >= 15 is 0 Å². The number of benzene rings is 1. The second-order valence-electron chi connectivity index (χ2n) is 3.32. The number of amides is 1. The highest BCUT2D eigenvalue weighted by Crippen LogP contribution is 2.23. The minimum absolute atomic E-state index is 0.0243. The van der Waals surface area contributed by atoms with Gasteiger partial charge in [0, 0.05) is 11.4 Å². The molecule has 1 amide bonds. The number of carbonyl (C=O) groups excluding carboxylic acids is 1. The van der Waals surface area contributed by atoms with E-state index in [1.807, 2.05) is 30.3 Å². The molecule has 0 aliphatic carbocycles. The highest BCUT2D eigenvalue weighted by molar-refractivity contribution is 7.81. The molecule has 5 heteroatoms. The largest absolute Gasteiger partial charge is 0.286 e. The highest BCUT2D eigenvalue weighted by atomic mass is 32.1. The van der Waals surface area contributed by atoms with E-state index in [4.69, 9.17) is 0 Å². The summed E-state index contributed by atoms with van der Waals surface area (Å²) in [7, 11) is 0. The molecule has 1 aliphatic rings. The quantitative estimate of drug-likeness (QED) is 0.677. The number of hydrogen-bond donors (Lipinski definition) is 3. The molecule has 0 radical (unpaired) electrons. The fourth-order valence-electron chi connectivity index (χ4n) is 1.60. The van der Waals surface area contributed by atoms with E-state index in [9.17, 15) is 4.79 Å². The molecular weight excluding hydrogens is 228 g/mol. The Morgan fingerprint density at radius 3 is 2.53 bits per heavy atom. The Morgan fingerprint density at radius 1 is 1.33 bits per heavy atom. The van der Waals surface area contributed by atoms with Crippen molar-refractivity contribution >= 4 is 36.9 Å². The minimum Gasteiger partial charge on any atom is -0.286 e. The molecule has 0 aromatic heterocycles. The lowest BCUT2D eigenvalue weighted by molar-refractivity contribution is -0.118. The smallest absolute Gasteiger partial charge is 0.247 e. The van der Waals surface area contributed by atoms with E-state index in [0.717, 1.165) is 5.69 Å². The summed E-state index contributed by atoms with van der Waals surface area (Å²) in [6.45, 7) is 0. The van der Waals surface area contributed by atoms with Crippen LogP contribution in [0.4, 0.5) is 5.69 Å². The van der Waals surface area contributed by atoms with Gasteiger partial charge in [-0.15, -0.1) is 12.6 Å². The molecule has 2 atom stereocenters. The Morgan fingerprint density at radius 2 is 2.00 bits per heavy atom. The lowest BCUT2D eigenvalue weighted by Gasteiger charge is -2.19. The van der Waals surface area contributed by atoms with E-state index in [1.165, 1.54) is 0 Å². The standard InChI is InChI=1S/C10H12N2OS2/c13-9-8(6-14)11-10(15)12(9)7-4-2-1-3-5-7/h1-5,8,10-11,14-15H,6H2. The van der Waals surface area contributed by atoms with Crippen LogP contribution >= 0.6 is 25.3 Å². The van der Waals surface area contributed by atoms with E-state index < -0.39 is 0 Å². The van der Waals surface area contributed by atoms with Crippen LogP contribution in [0, 0.1) is 0 Å². The van der Waals surface area contributed by atoms with Crippen molar-refractivity contribution < 1.29 is 4.79 Å². The number of carbonyl (C=O) groups is 1. The van der Waals surface area contributed by atoms with Gasteiger partial charge in [0.25, 0.3) is 0 Å². The van der Waals surface area contributed by atoms with Crippen LogP contribution in [-0.2, 0) is 4.79 Å². The molecule has 1 N–H and O–H groups in total. The first-order valence-electron chi connectivity index (χ1n) is 4.67. The Balaban J connectivity index is 2.27. The van der Waals surface area contributed by atoms with Crippen LogP contribution in [0.5, 0.6) is 0 Å². The molecule has 1 aliphatic heterocycles. The second-order valence-corrected chi connectivity index (χ2v) is 4.17. The van der Waals surface area contributed by atoms with Gasteiger partial charge in [-0.1, -0.05) is 18.2 Å². The van der Waals surface area contributed by atoms with Crippen LogP contribution < -0.4 is 10.2 Å². The molecule has 1 heterocycles. The predicted octanol–water partition coefficient (Wildman–Crippen LogP) is 1.13. The lowest BCUT2D eigenvalue weighted by atomic mass is 10.3. The monoisotopic (exact) mass is 240 g/mol. The van der Waals surface area contributed by atoms with Gasteiger partial charge >= 0.3 is 0 Å². The molecule has 0 saturated carbocycles. The van der Waals surface area contributed by atoms with Crippen molar-refractivity contribution in [2.45, 2.75) is 11.5 Å². The maximum absolute atomic E-state index is 11.9. The molecular formula is C10H12N2OS2. The maximum Gasteiger partial charge on any atom is 0.247 e. The Labute approximate surface area is 99.7 Å². The average molecular weight is 240 g/mol. The summed E-state index contributed by atoms with van der Waals surface area (Å²) < 4.78 is 0. The van der Waals surface area contributed by atoms with Gasteiger partial charge in [0.15, 0.2) is 0 Å². The fraction of sp³-hybridized carbons (Fsp3) is 0.300. The molecule has 0 bridgehead atoms. The van der Waals surface area contributed by atoms with Gasteiger partial charge < -0.3 is 0 Å². The van der Waals surface area contributed by atoms with Crippen molar-refractivity contribution in [3.8, 4) is 0 Å². The van der Waals surface area contributed by atoms with Gasteiger partial charge in [0.1, 0.15) is 5.50 Å². The molecule has 2 unspecified atom stereocenters. The van der Waals surface area contributed by atoms with Gasteiger partial charge in [0.05, 0.1) is 6.04 Å². The molecule has 2 rings (SSSR count). The Hall–Kier alpha value is -0.650. The van der Waals surface area contributed by atoms with Crippen LogP contribution in [0.1, 0.15) is 0 Å². The van der Waals surface area contributed by atoms with Crippen LogP contribution in [-0.4, -0.2) is 23.2 Å². The number of para-hydroxylation sites is 1. The summed E-state index contributed by atoms with van der Waals surface area (Å²) in [4.78, 5) is 13.6. The highest BCUT2D eigenvalue weighted by Gasteiger charge is 2.36. The zero-order valence-corrected chi connectivity index (χ0v) is 9.79. The minimum atomic E-state index is -0.267. The molecule has 80 valence electrons. The van der Waals surface area contributed by atoms with Gasteiger partial charge in [-0.05, 0) is 12.1 Å². The van der Waals surface area contributed by atoms with Crippen LogP contribution in [0.15, 0.2) is 30.3 Å². The third-order valence-electron chi connectivity index (χ3n) is 2.35. The van der Waals surface area contributed by atoms with E-state index in [-0.39, 0.29) is 17.4 Å². The topological polar surface area (TPSA) is 32.3 Å². The Kier molecular flexibility index (Phi) is 3.23. The summed E-state index contributed by atoms with van der Waals surface area (Å²) in [6.07, 6.45) is 0. The summed E-state index contributed by atoms with van der Waals surface area (Å²) in [5, 5.41) is 3.07. The number of nitrogens with one attached hydrogen (secondary N) is 1. The number of nitrogens with zero attached hydrogens (tertiary/aromatic N) is 1. The molecule has 0 spiro atoms. The van der Waals surface area contributed by atoms with E-state index in [2.05, 4.69) is 30.6 Å². The summed E-state index contributed by atoms with van der Waals surface area (Å²) in [5.74, 6) is 0.510. The Bertz CT molecular complexity index is 358. The average Bonchev–Trinajstić information content (AvgIpc) is 2.55. The second kappa shape index (κ2) is 4.47. The number of hydrogen-bond acceptors (Lipinski definition) is 4. The van der Waals surface area contributed by atoms with E-state index in [0.29, 0.717) is 5.75 Å². The van der Waals surface area contributed by atoms with Gasteiger partial charge in [0.2, 0.25) is 5.91 Å². The SMILES string of the molecule is O=C1C(CS)NC(S)N1c1ccccc1. The zero-order chi connectivity index (χ0) is 10.8. The molecule has 1 saturated heterocycles. The van der Waals surface area contributed by atoms with E-state index in [1.54, 1.807) is 4.90 Å². The van der Waals surface area contributed by atoms with Gasteiger partial charge in [-0.2, -0.15) is 12.6 Å². The van der Waals surface area contributed by atoms with Gasteiger partial charge in [-0.25, -0.2) is 0 Å². The zero-order valence-electron chi connectivity index (χ0n) is 8.00. The number of rotatable bonds is 2. The predicted molar refractivity (Wildman–Crippen MR) is 67.5 cm³/mol. The maximum atomic E-state index is 11.9. The fourth-order valence-corrected chi connectivity index (χ4v) is 2.29. The molecule has 1 fully saturated rings. The molecule has 15 heavy (non-hydrogen) atoms. The third-order valence-corrected chi connectivity index (χ3v) is 3.09. The number of anilines is 1. The molecule has 3 nitrogen and oxygen atoms in total. The van der Waals surface area contributed by atoms with Crippen molar-refractivity contribution in [1.29, 1.82) is 0 Å². The summed E-state index contributed by atoms with van der Waals surface area (Å²) in [5.41, 5.74) is 0.594. The van der Waals surface area contributed by atoms with Gasteiger partial charge in [-0.3, -0.25) is 15.0 Å². The summed E-state index contributed by atoms with van der Waals surface area (Å²) in [6, 6.07) is 9.26. The van der Waals surface area contributed by atoms with Crippen molar-refractivity contribution in [2.24, 2.45) is 0 Å². The van der Waals surface area contributed by atoms with Crippen molar-refractivity contribution in [1.82, 2.24) is 5.32 Å². The molecule has 1 aromatic carbocycles. The van der Waals surface area contributed by atoms with Crippen molar-refractivity contribution in [3.63, 3.8) is 0 Å². The normalized spacial score (nSPS) is 26.0. The summed E-state index contributed by atoms with van der Waals surface area (Å²) >= 11 is 8.46. The first-order valence-corrected chi connectivity index (χ1v) is 5.82. The molecule has 1 aromatic rings. The van der Waals surface area contributed by atoms with Crippen LogP contribution in [0.2, 0.25) is 0 Å². The first kappa shape index (κ1) is 10.9.